The number of carbonyl (C=O) groups excluding carboxylic acids is 2. The normalized spacial score (nSPS) is 24.4. The average Bonchev–Trinajstić information content (AvgIpc) is 2.76. The first-order chi connectivity index (χ1) is 9.68. The van der Waals surface area contributed by atoms with Gasteiger partial charge in [0.2, 0.25) is 5.91 Å². The van der Waals surface area contributed by atoms with E-state index >= 15 is 0 Å². The maximum atomic E-state index is 12.6. The van der Waals surface area contributed by atoms with Gasteiger partial charge in [-0.15, -0.1) is 0 Å². The molecule has 2 aliphatic heterocycles. The van der Waals surface area contributed by atoms with Gasteiger partial charge in [0, 0.05) is 13.1 Å². The van der Waals surface area contributed by atoms with Gasteiger partial charge < -0.3 is 4.74 Å². The molecule has 0 aliphatic carbocycles. The maximum absolute atomic E-state index is 12.6. The minimum absolute atomic E-state index is 0.105. The van der Waals surface area contributed by atoms with Crippen molar-refractivity contribution in [1.82, 2.24) is 4.90 Å². The fraction of sp³-hybridized carbons (Fsp3) is 0.467. The molecule has 0 spiro atoms. The molecule has 5 heteroatoms. The van der Waals surface area contributed by atoms with Crippen molar-refractivity contribution in [3.8, 4) is 0 Å². The monoisotopic (exact) mass is 274 g/mol. The molecule has 2 heterocycles. The fourth-order valence-electron chi connectivity index (χ4n) is 2.86. The summed E-state index contributed by atoms with van der Waals surface area (Å²) in [6, 6.07) is 7.17. The summed E-state index contributed by atoms with van der Waals surface area (Å²) in [6.07, 6.45) is 0.271. The van der Waals surface area contributed by atoms with Gasteiger partial charge >= 0.3 is 0 Å². The summed E-state index contributed by atoms with van der Waals surface area (Å²) < 4.78 is 5.30. The minimum atomic E-state index is -0.328. The number of benzene rings is 1. The lowest BCUT2D eigenvalue weighted by Gasteiger charge is -2.30. The molecule has 20 heavy (non-hydrogen) atoms. The molecule has 2 saturated heterocycles. The van der Waals surface area contributed by atoms with Crippen LogP contribution in [0, 0.1) is 6.92 Å². The molecule has 0 N–H and O–H groups in total. The Labute approximate surface area is 118 Å². The highest BCUT2D eigenvalue weighted by atomic mass is 16.5. The lowest BCUT2D eigenvalue weighted by Crippen LogP contribution is -2.47. The van der Waals surface area contributed by atoms with E-state index in [0.29, 0.717) is 32.0 Å². The molecular formula is C15H18N2O3. The number of morpholine rings is 1. The van der Waals surface area contributed by atoms with E-state index < -0.39 is 0 Å². The van der Waals surface area contributed by atoms with E-state index in [4.69, 9.17) is 4.74 Å². The SMILES string of the molecule is Cc1ccccc1N1C(=O)CC(N2CCOCC2)C1=O. The van der Waals surface area contributed by atoms with Crippen molar-refractivity contribution in [2.75, 3.05) is 31.2 Å². The van der Waals surface area contributed by atoms with E-state index in [9.17, 15) is 9.59 Å². The fourth-order valence-corrected chi connectivity index (χ4v) is 2.86. The number of para-hydroxylation sites is 1. The van der Waals surface area contributed by atoms with Gasteiger partial charge in [-0.05, 0) is 18.6 Å². The molecule has 2 aliphatic rings. The quantitative estimate of drug-likeness (QED) is 0.754. The molecule has 0 bridgehead atoms. The first-order valence-electron chi connectivity index (χ1n) is 6.92. The third-order valence-electron chi connectivity index (χ3n) is 3.97. The summed E-state index contributed by atoms with van der Waals surface area (Å²) in [5.41, 5.74) is 1.65. The Morgan fingerprint density at radius 2 is 1.85 bits per heavy atom. The summed E-state index contributed by atoms with van der Waals surface area (Å²) in [5, 5.41) is 0. The van der Waals surface area contributed by atoms with Crippen LogP contribution in [0.15, 0.2) is 24.3 Å². The highest BCUT2D eigenvalue weighted by molar-refractivity contribution is 6.22. The molecule has 1 aromatic rings. The third-order valence-corrected chi connectivity index (χ3v) is 3.97. The number of nitrogens with zero attached hydrogens (tertiary/aromatic N) is 2. The van der Waals surface area contributed by atoms with E-state index in [1.54, 1.807) is 0 Å². The average molecular weight is 274 g/mol. The van der Waals surface area contributed by atoms with Gasteiger partial charge in [-0.2, -0.15) is 0 Å². The summed E-state index contributed by atoms with van der Waals surface area (Å²) in [7, 11) is 0. The number of aryl methyl sites for hydroxylation is 1. The standard InChI is InChI=1S/C15H18N2O3/c1-11-4-2-3-5-12(11)17-14(18)10-13(15(17)19)16-6-8-20-9-7-16/h2-5,13H,6-10H2,1H3. The number of amides is 2. The van der Waals surface area contributed by atoms with Gasteiger partial charge in [0.15, 0.2) is 0 Å². The maximum Gasteiger partial charge on any atom is 0.251 e. The van der Waals surface area contributed by atoms with Crippen molar-refractivity contribution in [3.63, 3.8) is 0 Å². The zero-order valence-corrected chi connectivity index (χ0v) is 11.5. The number of rotatable bonds is 2. The first kappa shape index (κ1) is 13.3. The molecule has 106 valence electrons. The van der Waals surface area contributed by atoms with Crippen LogP contribution in [0.1, 0.15) is 12.0 Å². The van der Waals surface area contributed by atoms with Crippen LogP contribution in [-0.2, 0) is 14.3 Å². The number of carbonyl (C=O) groups is 2. The Kier molecular flexibility index (Phi) is 3.54. The van der Waals surface area contributed by atoms with Crippen molar-refractivity contribution in [1.29, 1.82) is 0 Å². The lowest BCUT2D eigenvalue weighted by atomic mass is 10.2. The predicted molar refractivity (Wildman–Crippen MR) is 74.5 cm³/mol. The van der Waals surface area contributed by atoms with Crippen LogP contribution in [0.3, 0.4) is 0 Å². The second kappa shape index (κ2) is 5.34. The zero-order valence-electron chi connectivity index (χ0n) is 11.5. The van der Waals surface area contributed by atoms with E-state index in [1.807, 2.05) is 31.2 Å². The summed E-state index contributed by atoms with van der Waals surface area (Å²) in [5.74, 6) is -0.216. The second-order valence-electron chi connectivity index (χ2n) is 5.22. The smallest absolute Gasteiger partial charge is 0.251 e. The van der Waals surface area contributed by atoms with Crippen LogP contribution in [0.5, 0.6) is 0 Å². The molecule has 5 nitrogen and oxygen atoms in total. The second-order valence-corrected chi connectivity index (χ2v) is 5.22. The van der Waals surface area contributed by atoms with Gasteiger partial charge in [0.05, 0.1) is 31.4 Å². The van der Waals surface area contributed by atoms with Crippen molar-refractivity contribution in [3.05, 3.63) is 29.8 Å². The summed E-state index contributed by atoms with van der Waals surface area (Å²) in [4.78, 5) is 28.2. The molecule has 0 saturated carbocycles. The number of hydrogen-bond acceptors (Lipinski definition) is 4. The summed E-state index contributed by atoms with van der Waals surface area (Å²) >= 11 is 0. The van der Waals surface area contributed by atoms with Crippen LogP contribution in [0.2, 0.25) is 0 Å². The molecule has 2 fully saturated rings. The topological polar surface area (TPSA) is 49.9 Å². The Hall–Kier alpha value is -1.72. The molecule has 0 radical (unpaired) electrons. The molecule has 3 rings (SSSR count). The van der Waals surface area contributed by atoms with Gasteiger partial charge in [-0.3, -0.25) is 14.5 Å². The highest BCUT2D eigenvalue weighted by Crippen LogP contribution is 2.28. The van der Waals surface area contributed by atoms with Crippen molar-refractivity contribution in [2.24, 2.45) is 0 Å². The predicted octanol–water partition coefficient (Wildman–Crippen LogP) is 0.959. The van der Waals surface area contributed by atoms with Gasteiger partial charge in [0.25, 0.3) is 5.91 Å². The van der Waals surface area contributed by atoms with Crippen LogP contribution in [0.25, 0.3) is 0 Å². The third kappa shape index (κ3) is 2.23. The van der Waals surface area contributed by atoms with Crippen LogP contribution in [0.4, 0.5) is 5.69 Å². The molecule has 1 unspecified atom stereocenters. The van der Waals surface area contributed by atoms with E-state index in [2.05, 4.69) is 4.90 Å². The number of anilines is 1. The number of imide groups is 1. The van der Waals surface area contributed by atoms with Crippen LogP contribution < -0.4 is 4.90 Å². The van der Waals surface area contributed by atoms with Gasteiger partial charge in [-0.25, -0.2) is 4.90 Å². The van der Waals surface area contributed by atoms with E-state index in [-0.39, 0.29) is 24.3 Å². The van der Waals surface area contributed by atoms with Gasteiger partial charge in [-0.1, -0.05) is 18.2 Å². The number of hydrogen-bond donors (Lipinski definition) is 0. The van der Waals surface area contributed by atoms with E-state index in [1.165, 1.54) is 4.90 Å². The Morgan fingerprint density at radius 1 is 1.15 bits per heavy atom. The van der Waals surface area contributed by atoms with Crippen molar-refractivity contribution in [2.45, 2.75) is 19.4 Å². The van der Waals surface area contributed by atoms with Crippen molar-refractivity contribution >= 4 is 17.5 Å². The van der Waals surface area contributed by atoms with E-state index in [0.717, 1.165) is 5.56 Å². The molecular weight excluding hydrogens is 256 g/mol. The minimum Gasteiger partial charge on any atom is -0.379 e. The summed E-state index contributed by atoms with van der Waals surface area (Å²) in [6.45, 7) is 4.60. The Morgan fingerprint density at radius 3 is 2.55 bits per heavy atom. The zero-order chi connectivity index (χ0) is 14.1. The van der Waals surface area contributed by atoms with Gasteiger partial charge in [0.1, 0.15) is 0 Å². The molecule has 1 aromatic carbocycles. The first-order valence-corrected chi connectivity index (χ1v) is 6.92. The largest absolute Gasteiger partial charge is 0.379 e. The highest BCUT2D eigenvalue weighted by Gasteiger charge is 2.43. The van der Waals surface area contributed by atoms with Crippen LogP contribution in [-0.4, -0.2) is 49.1 Å². The Balaban J connectivity index is 1.85. The molecule has 2 amide bonds. The Bertz CT molecular complexity index is 538. The number of ether oxygens (including phenoxy) is 1. The molecule has 1 atom stereocenters. The lowest BCUT2D eigenvalue weighted by molar-refractivity contribution is -0.123. The van der Waals surface area contributed by atoms with Crippen molar-refractivity contribution < 1.29 is 14.3 Å². The van der Waals surface area contributed by atoms with Crippen LogP contribution >= 0.6 is 0 Å². The molecule has 0 aromatic heterocycles.